The molecule has 1 aliphatic heterocycles. The first kappa shape index (κ1) is 14.9. The number of halogens is 1. The Morgan fingerprint density at radius 1 is 1.42 bits per heavy atom. The Morgan fingerprint density at radius 3 is 2.79 bits per heavy atom. The minimum atomic E-state index is 0.372. The maximum atomic E-state index is 4.61. The Bertz CT molecular complexity index is 491. The highest BCUT2D eigenvalue weighted by atomic mass is 79.9. The zero-order valence-electron chi connectivity index (χ0n) is 12.0. The van der Waals surface area contributed by atoms with E-state index in [0.717, 1.165) is 21.9 Å². The highest BCUT2D eigenvalue weighted by Gasteiger charge is 2.24. The summed E-state index contributed by atoms with van der Waals surface area (Å²) in [7, 11) is 0. The molecule has 0 radical (unpaired) electrons. The van der Waals surface area contributed by atoms with Crippen molar-refractivity contribution in [2.75, 3.05) is 11.9 Å². The van der Waals surface area contributed by atoms with Crippen LogP contribution < -0.4 is 5.32 Å². The van der Waals surface area contributed by atoms with Gasteiger partial charge >= 0.3 is 0 Å². The average Bonchev–Trinajstić information content (AvgIpc) is 2.68. The highest BCUT2D eigenvalue weighted by molar-refractivity contribution is 9.10. The topological polar surface area (TPSA) is 24.4 Å². The standard InChI is InChI=1S/C15H21BrN2S/c1-10-7-11(5-6-13(10)16)18-14-17-9-12(19-14)8-15(2,3)4/h5-7,12H,8-9H2,1-4H3,(H,17,18). The van der Waals surface area contributed by atoms with Crippen LogP contribution in [-0.2, 0) is 0 Å². The van der Waals surface area contributed by atoms with Gasteiger partial charge in [0.1, 0.15) is 0 Å². The van der Waals surface area contributed by atoms with Gasteiger partial charge in [-0.15, -0.1) is 0 Å². The van der Waals surface area contributed by atoms with Gasteiger partial charge in [-0.25, -0.2) is 0 Å². The van der Waals surface area contributed by atoms with Crippen molar-refractivity contribution in [3.8, 4) is 0 Å². The fourth-order valence-electron chi connectivity index (χ4n) is 2.12. The molecule has 4 heteroatoms. The van der Waals surface area contributed by atoms with Crippen molar-refractivity contribution >= 4 is 38.5 Å². The molecule has 0 fully saturated rings. The van der Waals surface area contributed by atoms with Gasteiger partial charge in [0, 0.05) is 15.4 Å². The van der Waals surface area contributed by atoms with E-state index in [1.807, 2.05) is 11.8 Å². The van der Waals surface area contributed by atoms with E-state index in [-0.39, 0.29) is 0 Å². The van der Waals surface area contributed by atoms with Gasteiger partial charge < -0.3 is 5.32 Å². The summed E-state index contributed by atoms with van der Waals surface area (Å²) < 4.78 is 1.14. The van der Waals surface area contributed by atoms with Gasteiger partial charge in [-0.05, 0) is 42.5 Å². The Balaban J connectivity index is 1.93. The number of thioether (sulfide) groups is 1. The number of hydrogen-bond donors (Lipinski definition) is 1. The number of aliphatic imine (C=N–C) groups is 1. The van der Waals surface area contributed by atoms with Crippen LogP contribution in [0.2, 0.25) is 0 Å². The zero-order valence-corrected chi connectivity index (χ0v) is 14.4. The van der Waals surface area contributed by atoms with Crippen molar-refractivity contribution in [1.82, 2.24) is 0 Å². The van der Waals surface area contributed by atoms with E-state index in [9.17, 15) is 0 Å². The van der Waals surface area contributed by atoms with E-state index in [1.54, 1.807) is 0 Å². The van der Waals surface area contributed by atoms with Gasteiger partial charge in [0.25, 0.3) is 0 Å². The zero-order chi connectivity index (χ0) is 14.0. The fraction of sp³-hybridized carbons (Fsp3) is 0.533. The molecule has 1 atom stereocenters. The van der Waals surface area contributed by atoms with Crippen LogP contribution in [0.15, 0.2) is 27.7 Å². The molecule has 1 aliphatic rings. The largest absolute Gasteiger partial charge is 0.335 e. The lowest BCUT2D eigenvalue weighted by Crippen LogP contribution is -2.16. The minimum Gasteiger partial charge on any atom is -0.335 e. The minimum absolute atomic E-state index is 0.372. The molecule has 1 N–H and O–H groups in total. The molecule has 0 saturated heterocycles. The van der Waals surface area contributed by atoms with Crippen LogP contribution in [0, 0.1) is 12.3 Å². The summed E-state index contributed by atoms with van der Waals surface area (Å²) in [6.45, 7) is 9.90. The number of hydrogen-bond acceptors (Lipinski definition) is 3. The Labute approximate surface area is 128 Å². The molecular formula is C15H21BrN2S. The smallest absolute Gasteiger partial charge is 0.161 e. The average molecular weight is 341 g/mol. The van der Waals surface area contributed by atoms with Crippen molar-refractivity contribution in [1.29, 1.82) is 0 Å². The third-order valence-electron chi connectivity index (χ3n) is 2.97. The summed E-state index contributed by atoms with van der Waals surface area (Å²) in [5, 5.41) is 5.08. The van der Waals surface area contributed by atoms with Gasteiger partial charge in [0.05, 0.1) is 6.54 Å². The fourth-order valence-corrected chi connectivity index (χ4v) is 3.74. The molecular weight excluding hydrogens is 320 g/mol. The lowest BCUT2D eigenvalue weighted by atomic mass is 9.90. The summed E-state index contributed by atoms with van der Waals surface area (Å²) in [5.74, 6) is 0. The molecule has 104 valence electrons. The second-order valence-corrected chi connectivity index (χ2v) is 8.38. The second kappa shape index (κ2) is 5.88. The second-order valence-electron chi connectivity index (χ2n) is 6.24. The quantitative estimate of drug-likeness (QED) is 0.811. The van der Waals surface area contributed by atoms with Crippen LogP contribution in [0.4, 0.5) is 5.69 Å². The van der Waals surface area contributed by atoms with E-state index < -0.39 is 0 Å². The number of rotatable bonds is 2. The van der Waals surface area contributed by atoms with Crippen LogP contribution in [0.25, 0.3) is 0 Å². The summed E-state index contributed by atoms with van der Waals surface area (Å²) >= 11 is 5.39. The van der Waals surface area contributed by atoms with E-state index >= 15 is 0 Å². The lowest BCUT2D eigenvalue weighted by Gasteiger charge is -2.21. The monoisotopic (exact) mass is 340 g/mol. The van der Waals surface area contributed by atoms with Crippen LogP contribution in [-0.4, -0.2) is 17.0 Å². The third-order valence-corrected chi connectivity index (χ3v) is 4.96. The Morgan fingerprint density at radius 2 is 2.16 bits per heavy atom. The molecule has 0 aliphatic carbocycles. The molecule has 1 unspecified atom stereocenters. The van der Waals surface area contributed by atoms with E-state index in [1.165, 1.54) is 12.0 Å². The first-order valence-corrected chi connectivity index (χ1v) is 8.25. The van der Waals surface area contributed by atoms with Crippen molar-refractivity contribution in [3.63, 3.8) is 0 Å². The van der Waals surface area contributed by atoms with Crippen LogP contribution >= 0.6 is 27.7 Å². The molecule has 1 aromatic rings. The highest BCUT2D eigenvalue weighted by Crippen LogP contribution is 2.32. The molecule has 1 heterocycles. The first-order chi connectivity index (χ1) is 8.83. The maximum Gasteiger partial charge on any atom is 0.161 e. The SMILES string of the molecule is Cc1cc(NC2=NCC(CC(C)(C)C)S2)ccc1Br. The third kappa shape index (κ3) is 4.53. The van der Waals surface area contributed by atoms with Crippen LogP contribution in [0.3, 0.4) is 0 Å². The molecule has 0 saturated carbocycles. The van der Waals surface area contributed by atoms with E-state index in [2.05, 4.69) is 72.1 Å². The Kier molecular flexibility index (Phi) is 4.62. The number of nitrogens with zero attached hydrogens (tertiary/aromatic N) is 1. The molecule has 1 aromatic carbocycles. The predicted molar refractivity (Wildman–Crippen MR) is 90.3 cm³/mol. The summed E-state index contributed by atoms with van der Waals surface area (Å²) in [6.07, 6.45) is 1.20. The van der Waals surface area contributed by atoms with Gasteiger partial charge in [0.2, 0.25) is 0 Å². The summed E-state index contributed by atoms with van der Waals surface area (Å²) in [4.78, 5) is 4.61. The van der Waals surface area contributed by atoms with Crippen molar-refractivity contribution < 1.29 is 0 Å². The predicted octanol–water partition coefficient (Wildman–Crippen LogP) is 5.08. The summed E-state index contributed by atoms with van der Waals surface area (Å²) in [5.41, 5.74) is 2.72. The molecule has 0 spiro atoms. The van der Waals surface area contributed by atoms with Gasteiger partial charge in [-0.2, -0.15) is 0 Å². The number of aryl methyl sites for hydroxylation is 1. The molecule has 0 aromatic heterocycles. The van der Waals surface area contributed by atoms with E-state index in [4.69, 9.17) is 0 Å². The molecule has 0 bridgehead atoms. The summed E-state index contributed by atoms with van der Waals surface area (Å²) in [6, 6.07) is 6.30. The number of nitrogens with one attached hydrogen (secondary N) is 1. The number of benzene rings is 1. The van der Waals surface area contributed by atoms with Crippen molar-refractivity contribution in [2.24, 2.45) is 10.4 Å². The normalized spacial score (nSPS) is 19.4. The van der Waals surface area contributed by atoms with Crippen molar-refractivity contribution in [3.05, 3.63) is 28.2 Å². The molecule has 0 amide bonds. The van der Waals surface area contributed by atoms with Crippen LogP contribution in [0.1, 0.15) is 32.8 Å². The molecule has 2 rings (SSSR count). The Hall–Kier alpha value is -0.480. The molecule has 19 heavy (non-hydrogen) atoms. The van der Waals surface area contributed by atoms with Gasteiger partial charge in [0.15, 0.2) is 5.17 Å². The molecule has 2 nitrogen and oxygen atoms in total. The van der Waals surface area contributed by atoms with Crippen molar-refractivity contribution in [2.45, 2.75) is 39.4 Å². The maximum absolute atomic E-state index is 4.61. The number of amidine groups is 1. The number of anilines is 1. The first-order valence-electron chi connectivity index (χ1n) is 6.58. The van der Waals surface area contributed by atoms with Gasteiger partial charge in [-0.1, -0.05) is 48.5 Å². The lowest BCUT2D eigenvalue weighted by molar-refractivity contribution is 0.375. The van der Waals surface area contributed by atoms with Gasteiger partial charge in [-0.3, -0.25) is 4.99 Å². The van der Waals surface area contributed by atoms with Crippen LogP contribution in [0.5, 0.6) is 0 Å². The van der Waals surface area contributed by atoms with E-state index in [0.29, 0.717) is 10.7 Å².